The normalized spacial score (nSPS) is 11.0. The van der Waals surface area contributed by atoms with Gasteiger partial charge in [-0.25, -0.2) is 0 Å². The summed E-state index contributed by atoms with van der Waals surface area (Å²) in [5.74, 6) is 0. The Morgan fingerprint density at radius 3 is 3.36 bits per heavy atom. The Morgan fingerprint density at radius 1 is 1.64 bits per heavy atom. The van der Waals surface area contributed by atoms with Gasteiger partial charge < -0.3 is 10.2 Å². The topological polar surface area (TPSA) is 52.0 Å². The molecule has 0 saturated heterocycles. The lowest BCUT2D eigenvalue weighted by Crippen LogP contribution is -2.02. The van der Waals surface area contributed by atoms with E-state index in [1.807, 2.05) is 6.07 Å². The molecule has 2 heterocycles. The van der Waals surface area contributed by atoms with Gasteiger partial charge in [0.05, 0.1) is 16.7 Å². The molecule has 0 aliphatic rings. The van der Waals surface area contributed by atoms with Crippen LogP contribution in [-0.4, -0.2) is 10.9 Å². The third-order valence-electron chi connectivity index (χ3n) is 1.53. The molecule has 0 spiro atoms. The van der Waals surface area contributed by atoms with Gasteiger partial charge in [0.1, 0.15) is 0 Å². The van der Waals surface area contributed by atoms with E-state index in [0.717, 1.165) is 22.4 Å². The van der Waals surface area contributed by atoms with E-state index in [0.29, 0.717) is 6.54 Å². The van der Waals surface area contributed by atoms with Gasteiger partial charge in [-0.15, -0.1) is 0 Å². The minimum Gasteiger partial charge on any atom is -0.461 e. The summed E-state index contributed by atoms with van der Waals surface area (Å²) >= 11 is 1.46. The van der Waals surface area contributed by atoms with Gasteiger partial charge in [0.25, 0.3) is 0 Å². The van der Waals surface area contributed by atoms with Crippen LogP contribution in [-0.2, 0) is 6.42 Å². The van der Waals surface area contributed by atoms with Crippen LogP contribution in [0.15, 0.2) is 16.7 Å². The molecule has 0 amide bonds. The predicted octanol–water partition coefficient (Wildman–Crippen LogP) is 1.39. The summed E-state index contributed by atoms with van der Waals surface area (Å²) in [6, 6.07) is 1.92. The van der Waals surface area contributed by atoms with Crippen molar-refractivity contribution in [2.24, 2.45) is 5.73 Å². The molecule has 11 heavy (non-hydrogen) atoms. The maximum atomic E-state index is 5.40. The van der Waals surface area contributed by atoms with Crippen LogP contribution >= 0.6 is 11.5 Å². The van der Waals surface area contributed by atoms with Crippen molar-refractivity contribution < 1.29 is 4.42 Å². The molecule has 0 radical (unpaired) electrons. The Bertz CT molecular complexity index is 352. The Kier molecular flexibility index (Phi) is 1.63. The molecule has 2 aromatic rings. The zero-order valence-corrected chi connectivity index (χ0v) is 6.73. The molecular formula is C7H8N2OS. The van der Waals surface area contributed by atoms with E-state index in [9.17, 15) is 0 Å². The lowest BCUT2D eigenvalue weighted by atomic mass is 10.3. The summed E-state index contributed by atoms with van der Waals surface area (Å²) in [5.41, 5.74) is 7.29. The number of furan rings is 1. The van der Waals surface area contributed by atoms with E-state index in [1.165, 1.54) is 11.5 Å². The number of hydrogen-bond donors (Lipinski definition) is 1. The predicted molar refractivity (Wildman–Crippen MR) is 44.6 cm³/mol. The first kappa shape index (κ1) is 6.82. The highest BCUT2D eigenvalue weighted by Gasteiger charge is 2.06. The van der Waals surface area contributed by atoms with Crippen molar-refractivity contribution in [3.05, 3.63) is 18.0 Å². The number of rotatable bonds is 2. The highest BCUT2D eigenvalue weighted by molar-refractivity contribution is 7.13. The average Bonchev–Trinajstić information content (AvgIpc) is 2.53. The molecular weight excluding hydrogens is 160 g/mol. The van der Waals surface area contributed by atoms with Crippen LogP contribution in [0.25, 0.3) is 10.3 Å². The van der Waals surface area contributed by atoms with Crippen molar-refractivity contribution in [3.8, 4) is 0 Å². The van der Waals surface area contributed by atoms with Gasteiger partial charge in [0, 0.05) is 6.42 Å². The summed E-state index contributed by atoms with van der Waals surface area (Å²) in [7, 11) is 0. The molecule has 2 N–H and O–H groups in total. The minimum absolute atomic E-state index is 0.625. The molecule has 0 unspecified atom stereocenters. The van der Waals surface area contributed by atoms with Crippen LogP contribution in [0, 0.1) is 0 Å². The van der Waals surface area contributed by atoms with Crippen molar-refractivity contribution in [1.29, 1.82) is 0 Å². The van der Waals surface area contributed by atoms with E-state index >= 15 is 0 Å². The molecule has 2 rings (SSSR count). The standard InChI is InChI=1S/C7H8N2OS/c8-3-1-5-7-6(11-9-5)2-4-10-7/h2,4H,1,3,8H2. The second-order valence-electron chi connectivity index (χ2n) is 2.28. The maximum absolute atomic E-state index is 5.40. The summed E-state index contributed by atoms with van der Waals surface area (Å²) < 4.78 is 10.6. The largest absolute Gasteiger partial charge is 0.461 e. The molecule has 0 aromatic carbocycles. The van der Waals surface area contributed by atoms with E-state index < -0.39 is 0 Å². The fourth-order valence-corrected chi connectivity index (χ4v) is 1.77. The second kappa shape index (κ2) is 2.64. The van der Waals surface area contributed by atoms with Crippen LogP contribution in [0.1, 0.15) is 5.69 Å². The molecule has 58 valence electrons. The van der Waals surface area contributed by atoms with Gasteiger partial charge >= 0.3 is 0 Å². The Balaban J connectivity index is 2.51. The van der Waals surface area contributed by atoms with E-state index in [2.05, 4.69) is 4.37 Å². The van der Waals surface area contributed by atoms with E-state index in [4.69, 9.17) is 10.2 Å². The fraction of sp³-hybridized carbons (Fsp3) is 0.286. The lowest BCUT2D eigenvalue weighted by Gasteiger charge is -1.87. The van der Waals surface area contributed by atoms with Gasteiger partial charge in [-0.1, -0.05) is 0 Å². The van der Waals surface area contributed by atoms with Crippen LogP contribution in [0.5, 0.6) is 0 Å². The first-order valence-electron chi connectivity index (χ1n) is 3.43. The van der Waals surface area contributed by atoms with Crippen LogP contribution in [0.4, 0.5) is 0 Å². The van der Waals surface area contributed by atoms with Crippen LogP contribution < -0.4 is 5.73 Å². The quantitative estimate of drug-likeness (QED) is 0.737. The van der Waals surface area contributed by atoms with E-state index in [1.54, 1.807) is 6.26 Å². The van der Waals surface area contributed by atoms with Crippen LogP contribution in [0.3, 0.4) is 0 Å². The third kappa shape index (κ3) is 1.04. The summed E-state index contributed by atoms with van der Waals surface area (Å²) in [4.78, 5) is 0. The lowest BCUT2D eigenvalue weighted by molar-refractivity contribution is 0.609. The monoisotopic (exact) mass is 168 g/mol. The second-order valence-corrected chi connectivity index (χ2v) is 3.09. The zero-order valence-electron chi connectivity index (χ0n) is 5.91. The van der Waals surface area contributed by atoms with Gasteiger partial charge in [-0.3, -0.25) is 0 Å². The van der Waals surface area contributed by atoms with E-state index in [-0.39, 0.29) is 0 Å². The average molecular weight is 168 g/mol. The van der Waals surface area contributed by atoms with Gasteiger partial charge in [0.15, 0.2) is 5.58 Å². The number of fused-ring (bicyclic) bond motifs is 1. The molecule has 0 atom stereocenters. The molecule has 4 heteroatoms. The van der Waals surface area contributed by atoms with Crippen molar-refractivity contribution in [2.45, 2.75) is 6.42 Å². The van der Waals surface area contributed by atoms with Crippen LogP contribution in [0.2, 0.25) is 0 Å². The first-order chi connectivity index (χ1) is 5.42. The smallest absolute Gasteiger partial charge is 0.167 e. The number of hydrogen-bond acceptors (Lipinski definition) is 4. The Labute approximate surface area is 68.0 Å². The van der Waals surface area contributed by atoms with Crippen molar-refractivity contribution in [3.63, 3.8) is 0 Å². The third-order valence-corrected chi connectivity index (χ3v) is 2.36. The first-order valence-corrected chi connectivity index (χ1v) is 4.21. The van der Waals surface area contributed by atoms with Crippen molar-refractivity contribution in [1.82, 2.24) is 4.37 Å². The van der Waals surface area contributed by atoms with Crippen molar-refractivity contribution in [2.75, 3.05) is 6.54 Å². The fourth-order valence-electron chi connectivity index (χ4n) is 1.02. The number of nitrogens with two attached hydrogens (primary N) is 1. The maximum Gasteiger partial charge on any atom is 0.167 e. The molecule has 0 aliphatic heterocycles. The zero-order chi connectivity index (χ0) is 7.68. The Morgan fingerprint density at radius 2 is 2.55 bits per heavy atom. The SMILES string of the molecule is NCCc1nsc2ccoc12. The highest BCUT2D eigenvalue weighted by atomic mass is 32.1. The molecule has 0 saturated carbocycles. The molecule has 0 fully saturated rings. The summed E-state index contributed by atoms with van der Waals surface area (Å²) in [5, 5.41) is 0. The molecule has 0 aliphatic carbocycles. The molecule has 0 bridgehead atoms. The highest BCUT2D eigenvalue weighted by Crippen LogP contribution is 2.23. The summed E-state index contributed by atoms with van der Waals surface area (Å²) in [6.45, 7) is 0.625. The molecule has 2 aromatic heterocycles. The number of nitrogens with zero attached hydrogens (tertiary/aromatic N) is 1. The number of aromatic nitrogens is 1. The van der Waals surface area contributed by atoms with Crippen molar-refractivity contribution >= 4 is 21.8 Å². The van der Waals surface area contributed by atoms with Gasteiger partial charge in [0.2, 0.25) is 0 Å². The molecule has 3 nitrogen and oxygen atoms in total. The Hall–Kier alpha value is -0.870. The summed E-state index contributed by atoms with van der Waals surface area (Å²) in [6.07, 6.45) is 2.48. The van der Waals surface area contributed by atoms with Gasteiger partial charge in [-0.2, -0.15) is 4.37 Å². The minimum atomic E-state index is 0.625. The van der Waals surface area contributed by atoms with Gasteiger partial charge in [-0.05, 0) is 24.1 Å².